The van der Waals surface area contributed by atoms with Crippen molar-refractivity contribution in [2.24, 2.45) is 10.9 Å². The molecule has 4 nitrogen and oxygen atoms in total. The van der Waals surface area contributed by atoms with E-state index in [1.165, 1.54) is 6.42 Å². The maximum atomic E-state index is 10.7. The zero-order valence-electron chi connectivity index (χ0n) is 11.2. The van der Waals surface area contributed by atoms with Gasteiger partial charge in [0.25, 0.3) is 0 Å². The first kappa shape index (κ1) is 16.1. The second kappa shape index (κ2) is 11.6. The van der Waals surface area contributed by atoms with Crippen LogP contribution in [0.4, 0.5) is 0 Å². The molecule has 0 aliphatic carbocycles. The van der Waals surface area contributed by atoms with Crippen LogP contribution in [0.5, 0.6) is 0 Å². The third-order valence-electron chi connectivity index (χ3n) is 2.48. The molecule has 0 fully saturated rings. The average molecular weight is 242 g/mol. The van der Waals surface area contributed by atoms with Crippen molar-refractivity contribution < 1.29 is 9.63 Å². The maximum Gasteiger partial charge on any atom is 0.129 e. The molecule has 0 rings (SSSR count). The molecule has 0 bridgehead atoms. The Kier molecular flexibility index (Phi) is 11.0. The minimum Gasteiger partial charge on any atom is -0.396 e. The summed E-state index contributed by atoms with van der Waals surface area (Å²) in [6, 6.07) is 0. The summed E-state index contributed by atoms with van der Waals surface area (Å²) in [4.78, 5) is 15.9. The van der Waals surface area contributed by atoms with Crippen LogP contribution in [0.15, 0.2) is 5.16 Å². The van der Waals surface area contributed by atoms with Gasteiger partial charge in [-0.05, 0) is 52.5 Å². The van der Waals surface area contributed by atoms with E-state index in [-0.39, 0.29) is 5.78 Å². The summed E-state index contributed by atoms with van der Waals surface area (Å²) in [6.45, 7) is 5.00. The molecular formula is C13H26N2O2. The van der Waals surface area contributed by atoms with Gasteiger partial charge >= 0.3 is 0 Å². The fourth-order valence-electron chi connectivity index (χ4n) is 1.46. The summed E-state index contributed by atoms with van der Waals surface area (Å²) in [5, 5.41) is 4.02. The smallest absolute Gasteiger partial charge is 0.129 e. The van der Waals surface area contributed by atoms with E-state index < -0.39 is 0 Å². The summed E-state index contributed by atoms with van der Waals surface area (Å²) in [7, 11) is 0. The number of nitrogens with zero attached hydrogens (tertiary/aromatic N) is 1. The molecule has 17 heavy (non-hydrogen) atoms. The van der Waals surface area contributed by atoms with Gasteiger partial charge in [-0.3, -0.25) is 0 Å². The van der Waals surface area contributed by atoms with Crippen molar-refractivity contribution in [2.75, 3.05) is 13.2 Å². The van der Waals surface area contributed by atoms with E-state index in [1.54, 1.807) is 6.92 Å². The number of rotatable bonds is 11. The molecule has 0 aliphatic rings. The van der Waals surface area contributed by atoms with Crippen molar-refractivity contribution >= 4 is 11.5 Å². The Morgan fingerprint density at radius 2 is 1.76 bits per heavy atom. The van der Waals surface area contributed by atoms with Gasteiger partial charge in [0.05, 0.1) is 5.71 Å². The lowest BCUT2D eigenvalue weighted by atomic mass is 10.1. The minimum atomic E-state index is 0.235. The van der Waals surface area contributed by atoms with Crippen LogP contribution in [0.25, 0.3) is 0 Å². The van der Waals surface area contributed by atoms with Crippen LogP contribution in [-0.2, 0) is 9.63 Å². The number of carbonyl (C=O) groups is 1. The monoisotopic (exact) mass is 242 g/mol. The van der Waals surface area contributed by atoms with E-state index in [4.69, 9.17) is 10.6 Å². The highest BCUT2D eigenvalue weighted by Gasteiger charge is 1.96. The van der Waals surface area contributed by atoms with E-state index in [9.17, 15) is 4.79 Å². The molecule has 0 atom stereocenters. The van der Waals surface area contributed by atoms with Crippen LogP contribution >= 0.6 is 0 Å². The lowest BCUT2D eigenvalue weighted by Gasteiger charge is -2.02. The minimum absolute atomic E-state index is 0.235. The second-order valence-corrected chi connectivity index (χ2v) is 4.42. The predicted molar refractivity (Wildman–Crippen MR) is 71.1 cm³/mol. The molecule has 0 radical (unpaired) electrons. The number of hydrogen-bond donors (Lipinski definition) is 1. The Bertz CT molecular complexity index is 227. The zero-order valence-corrected chi connectivity index (χ0v) is 11.2. The lowest BCUT2D eigenvalue weighted by Crippen LogP contribution is -1.99. The molecule has 0 amide bonds. The van der Waals surface area contributed by atoms with Crippen LogP contribution in [-0.4, -0.2) is 24.6 Å². The standard InChI is InChI=1S/C13H26N2O2/c1-12(8-7-9-13(2)16)15-17-11-6-4-3-5-10-14/h3-11,14H2,1-2H3/b15-12+. The molecule has 0 aromatic rings. The van der Waals surface area contributed by atoms with Crippen molar-refractivity contribution in [3.63, 3.8) is 0 Å². The van der Waals surface area contributed by atoms with Crippen molar-refractivity contribution in [3.8, 4) is 0 Å². The van der Waals surface area contributed by atoms with Gasteiger partial charge in [-0.2, -0.15) is 0 Å². The molecule has 0 saturated heterocycles. The molecule has 0 spiro atoms. The van der Waals surface area contributed by atoms with E-state index in [0.29, 0.717) is 13.0 Å². The van der Waals surface area contributed by atoms with Gasteiger partial charge in [0.1, 0.15) is 12.4 Å². The van der Waals surface area contributed by atoms with Gasteiger partial charge in [-0.25, -0.2) is 0 Å². The van der Waals surface area contributed by atoms with Gasteiger partial charge in [0, 0.05) is 6.42 Å². The maximum absolute atomic E-state index is 10.7. The van der Waals surface area contributed by atoms with E-state index in [2.05, 4.69) is 5.16 Å². The van der Waals surface area contributed by atoms with Crippen molar-refractivity contribution in [2.45, 2.75) is 58.8 Å². The first-order valence-electron chi connectivity index (χ1n) is 6.51. The van der Waals surface area contributed by atoms with Crippen LogP contribution in [0, 0.1) is 0 Å². The summed E-state index contributed by atoms with van der Waals surface area (Å²) in [5.74, 6) is 0.235. The summed E-state index contributed by atoms with van der Waals surface area (Å²) in [6.07, 6.45) is 6.78. The quantitative estimate of drug-likeness (QED) is 0.344. The summed E-state index contributed by atoms with van der Waals surface area (Å²) in [5.41, 5.74) is 6.37. The van der Waals surface area contributed by atoms with Gasteiger partial charge in [0.15, 0.2) is 0 Å². The average Bonchev–Trinajstić information content (AvgIpc) is 2.27. The Balaban J connectivity index is 3.34. The first-order valence-corrected chi connectivity index (χ1v) is 6.51. The van der Waals surface area contributed by atoms with Crippen molar-refractivity contribution in [1.29, 1.82) is 0 Å². The number of unbranched alkanes of at least 4 members (excludes halogenated alkanes) is 3. The number of oxime groups is 1. The van der Waals surface area contributed by atoms with Crippen molar-refractivity contribution in [1.82, 2.24) is 0 Å². The molecule has 0 heterocycles. The number of Topliss-reactive ketones (excluding diaryl/α,β-unsaturated/α-hetero) is 1. The largest absolute Gasteiger partial charge is 0.396 e. The van der Waals surface area contributed by atoms with Crippen LogP contribution < -0.4 is 5.73 Å². The number of carbonyl (C=O) groups excluding carboxylic acids is 1. The molecule has 0 saturated carbocycles. The van der Waals surface area contributed by atoms with Gasteiger partial charge in [-0.1, -0.05) is 11.6 Å². The van der Waals surface area contributed by atoms with E-state index >= 15 is 0 Å². The Morgan fingerprint density at radius 1 is 1.06 bits per heavy atom. The summed E-state index contributed by atoms with van der Waals surface area (Å²) < 4.78 is 0. The highest BCUT2D eigenvalue weighted by Crippen LogP contribution is 2.01. The topological polar surface area (TPSA) is 64.7 Å². The molecule has 0 aromatic carbocycles. The zero-order chi connectivity index (χ0) is 12.9. The summed E-state index contributed by atoms with van der Waals surface area (Å²) >= 11 is 0. The molecule has 2 N–H and O–H groups in total. The second-order valence-electron chi connectivity index (χ2n) is 4.42. The third-order valence-corrected chi connectivity index (χ3v) is 2.48. The van der Waals surface area contributed by atoms with Gasteiger partial charge in [0.2, 0.25) is 0 Å². The van der Waals surface area contributed by atoms with Crippen LogP contribution in [0.1, 0.15) is 58.8 Å². The van der Waals surface area contributed by atoms with E-state index in [1.807, 2.05) is 6.92 Å². The molecule has 0 aromatic heterocycles. The third kappa shape index (κ3) is 13.0. The number of nitrogens with two attached hydrogens (primary N) is 1. The highest BCUT2D eigenvalue weighted by atomic mass is 16.6. The molecule has 0 unspecified atom stereocenters. The molecule has 4 heteroatoms. The first-order chi connectivity index (χ1) is 8.16. The Labute approximate surface area is 105 Å². The number of ketones is 1. The van der Waals surface area contributed by atoms with Crippen molar-refractivity contribution in [3.05, 3.63) is 0 Å². The number of hydrogen-bond acceptors (Lipinski definition) is 4. The fraction of sp³-hybridized carbons (Fsp3) is 0.846. The van der Waals surface area contributed by atoms with Gasteiger partial charge in [-0.15, -0.1) is 0 Å². The molecular weight excluding hydrogens is 216 g/mol. The fourth-order valence-corrected chi connectivity index (χ4v) is 1.46. The molecule has 100 valence electrons. The van der Waals surface area contributed by atoms with Gasteiger partial charge < -0.3 is 15.4 Å². The Hall–Kier alpha value is -0.900. The lowest BCUT2D eigenvalue weighted by molar-refractivity contribution is -0.117. The predicted octanol–water partition coefficient (Wildman–Crippen LogP) is 2.66. The van der Waals surface area contributed by atoms with Crippen LogP contribution in [0.2, 0.25) is 0 Å². The SMILES string of the molecule is CC(=O)CCC/C(C)=N/OCCCCCCN. The van der Waals surface area contributed by atoms with Crippen LogP contribution in [0.3, 0.4) is 0 Å². The Morgan fingerprint density at radius 3 is 2.41 bits per heavy atom. The van der Waals surface area contributed by atoms with E-state index in [0.717, 1.165) is 44.4 Å². The molecule has 0 aliphatic heterocycles. The normalized spacial score (nSPS) is 11.6. The highest BCUT2D eigenvalue weighted by molar-refractivity contribution is 5.82.